The normalized spacial score (nSPS) is 13.5. The molecule has 0 atom stereocenters. The Hall–Kier alpha value is -1.88. The van der Waals surface area contributed by atoms with Crippen molar-refractivity contribution in [2.75, 3.05) is 5.32 Å². The van der Waals surface area contributed by atoms with Crippen LogP contribution >= 0.6 is 27.5 Å². The van der Waals surface area contributed by atoms with Crippen LogP contribution in [0.3, 0.4) is 0 Å². The average Bonchev–Trinajstić information content (AvgIpc) is 2.53. The summed E-state index contributed by atoms with van der Waals surface area (Å²) < 4.78 is 27.2. The maximum atomic E-state index is 12.9. The summed E-state index contributed by atoms with van der Waals surface area (Å²) in [5, 5.41) is 16.8. The van der Waals surface area contributed by atoms with Crippen LogP contribution in [0.4, 0.5) is 5.69 Å². The van der Waals surface area contributed by atoms with E-state index in [1.54, 1.807) is 18.2 Å². The summed E-state index contributed by atoms with van der Waals surface area (Å²) in [5.41, 5.74) is 1.36. The number of hydrogen-bond donors (Lipinski definition) is 2. The highest BCUT2D eigenvalue weighted by atomic mass is 79.9. The van der Waals surface area contributed by atoms with Crippen molar-refractivity contribution in [2.24, 2.45) is 5.10 Å². The molecular weight excluding hydrogens is 444 g/mol. The fraction of sp³-hybridized carbons (Fsp3) is 0.0667. The van der Waals surface area contributed by atoms with Crippen LogP contribution in [0.2, 0.25) is 5.02 Å². The molecule has 0 fully saturated rings. The third-order valence-electron chi connectivity index (χ3n) is 3.62. The molecule has 1 amide bonds. The van der Waals surface area contributed by atoms with Gasteiger partial charge in [0.25, 0.3) is 10.0 Å². The van der Waals surface area contributed by atoms with Gasteiger partial charge in [0.1, 0.15) is 4.90 Å². The summed E-state index contributed by atoms with van der Waals surface area (Å²) in [6, 6.07) is 9.01. The maximum Gasteiger partial charge on any atom is 0.484 e. The molecule has 1 aliphatic heterocycles. The highest BCUT2D eigenvalue weighted by Crippen LogP contribution is 2.29. The lowest BCUT2D eigenvalue weighted by Gasteiger charge is -2.26. The number of amides is 1. The molecule has 26 heavy (non-hydrogen) atoms. The number of nitrogens with one attached hydrogen (secondary N) is 1. The number of carbonyl (C=O) groups is 1. The predicted molar refractivity (Wildman–Crippen MR) is 104 cm³/mol. The van der Waals surface area contributed by atoms with Crippen molar-refractivity contribution in [2.45, 2.75) is 11.8 Å². The minimum absolute atomic E-state index is 0.0970. The summed E-state index contributed by atoms with van der Waals surface area (Å²) in [7, 11) is -5.70. The van der Waals surface area contributed by atoms with Gasteiger partial charge in [-0.15, -0.1) is 0 Å². The second kappa shape index (κ2) is 7.03. The van der Waals surface area contributed by atoms with E-state index < -0.39 is 17.1 Å². The van der Waals surface area contributed by atoms with Crippen LogP contribution in [0, 0.1) is 0 Å². The highest BCUT2D eigenvalue weighted by Gasteiger charge is 2.39. The average molecular weight is 457 g/mol. The minimum atomic E-state index is -4.21. The van der Waals surface area contributed by atoms with Gasteiger partial charge in [0.2, 0.25) is 5.91 Å². The predicted octanol–water partition coefficient (Wildman–Crippen LogP) is 1.79. The summed E-state index contributed by atoms with van der Waals surface area (Å²) >= 11 is 9.40. The van der Waals surface area contributed by atoms with Crippen molar-refractivity contribution in [3.05, 3.63) is 51.5 Å². The Morgan fingerprint density at radius 1 is 1.31 bits per heavy atom. The molecular formula is C15H12BBrClN3O4S. The summed E-state index contributed by atoms with van der Waals surface area (Å²) in [4.78, 5) is 10.9. The number of fused-ring (bicyclic) bond motifs is 1. The molecule has 0 bridgehead atoms. The Morgan fingerprint density at radius 2 is 2.04 bits per heavy atom. The Labute approximate surface area is 164 Å². The number of nitrogens with zero attached hydrogens (tertiary/aromatic N) is 2. The van der Waals surface area contributed by atoms with E-state index in [4.69, 9.17) is 11.6 Å². The Morgan fingerprint density at radius 3 is 2.69 bits per heavy atom. The number of hydrogen-bond acceptors (Lipinski definition) is 5. The Kier molecular flexibility index (Phi) is 5.11. The summed E-state index contributed by atoms with van der Waals surface area (Å²) in [5.74, 6) is -0.310. The van der Waals surface area contributed by atoms with Gasteiger partial charge in [-0.05, 0) is 41.4 Å². The molecule has 0 radical (unpaired) electrons. The molecule has 1 heterocycles. The fourth-order valence-corrected chi connectivity index (χ4v) is 4.63. The number of carbonyl (C=O) groups excluding carboxylic acids is 1. The lowest BCUT2D eigenvalue weighted by molar-refractivity contribution is -0.114. The number of sulfonamides is 1. The van der Waals surface area contributed by atoms with E-state index in [-0.39, 0.29) is 15.8 Å². The van der Waals surface area contributed by atoms with E-state index in [1.165, 1.54) is 31.3 Å². The number of benzene rings is 2. The third kappa shape index (κ3) is 3.50. The van der Waals surface area contributed by atoms with E-state index in [0.29, 0.717) is 21.0 Å². The van der Waals surface area contributed by atoms with Crippen molar-refractivity contribution in [1.29, 1.82) is 0 Å². The molecule has 0 aliphatic carbocycles. The first-order valence-corrected chi connectivity index (χ1v) is 9.94. The van der Waals surface area contributed by atoms with E-state index in [9.17, 15) is 18.2 Å². The van der Waals surface area contributed by atoms with Crippen LogP contribution in [-0.4, -0.2) is 36.9 Å². The molecule has 7 nitrogen and oxygen atoms in total. The van der Waals surface area contributed by atoms with Gasteiger partial charge < -0.3 is 10.3 Å². The van der Waals surface area contributed by atoms with Crippen LogP contribution < -0.4 is 10.8 Å². The van der Waals surface area contributed by atoms with Crippen LogP contribution in [-0.2, 0) is 14.8 Å². The van der Waals surface area contributed by atoms with Gasteiger partial charge in [0.15, 0.2) is 0 Å². The lowest BCUT2D eigenvalue weighted by Crippen LogP contribution is -2.52. The molecule has 11 heteroatoms. The molecule has 0 saturated carbocycles. The maximum absolute atomic E-state index is 12.9. The smallest absolute Gasteiger partial charge is 0.427 e. The van der Waals surface area contributed by atoms with Gasteiger partial charge in [0.05, 0.1) is 11.2 Å². The van der Waals surface area contributed by atoms with Crippen molar-refractivity contribution in [3.63, 3.8) is 0 Å². The van der Waals surface area contributed by atoms with Gasteiger partial charge in [0, 0.05) is 17.1 Å². The van der Waals surface area contributed by atoms with Gasteiger partial charge in [-0.2, -0.15) is 9.43 Å². The fourth-order valence-electron chi connectivity index (χ4n) is 2.48. The second-order valence-corrected chi connectivity index (χ2v) is 8.58. The molecule has 2 N–H and O–H groups in total. The first-order chi connectivity index (χ1) is 12.2. The van der Waals surface area contributed by atoms with E-state index in [2.05, 4.69) is 26.3 Å². The minimum Gasteiger partial charge on any atom is -0.427 e. The molecule has 0 saturated heterocycles. The zero-order valence-electron chi connectivity index (χ0n) is 13.3. The molecule has 1 aliphatic rings. The number of halogens is 2. The third-order valence-corrected chi connectivity index (χ3v) is 6.24. The first kappa shape index (κ1) is 18.9. The molecule has 0 aromatic heterocycles. The zero-order chi connectivity index (χ0) is 19.1. The van der Waals surface area contributed by atoms with Crippen LogP contribution in [0.15, 0.2) is 50.9 Å². The molecule has 0 spiro atoms. The van der Waals surface area contributed by atoms with Crippen molar-refractivity contribution in [1.82, 2.24) is 4.33 Å². The molecule has 134 valence electrons. The number of rotatable bonds is 3. The molecule has 2 aromatic rings. The van der Waals surface area contributed by atoms with Crippen LogP contribution in [0.1, 0.15) is 12.5 Å². The highest BCUT2D eigenvalue weighted by molar-refractivity contribution is 9.10. The molecule has 0 unspecified atom stereocenters. The topological polar surface area (TPSA) is 99.1 Å². The van der Waals surface area contributed by atoms with E-state index in [0.717, 1.165) is 4.47 Å². The first-order valence-electron chi connectivity index (χ1n) is 7.33. The van der Waals surface area contributed by atoms with Crippen molar-refractivity contribution in [3.8, 4) is 0 Å². The van der Waals surface area contributed by atoms with Crippen molar-refractivity contribution < 1.29 is 18.2 Å². The van der Waals surface area contributed by atoms with Gasteiger partial charge in [-0.1, -0.05) is 33.6 Å². The van der Waals surface area contributed by atoms with Gasteiger partial charge in [-0.25, -0.2) is 8.42 Å². The van der Waals surface area contributed by atoms with Crippen LogP contribution in [0.25, 0.3) is 0 Å². The SMILES string of the molecule is CC(=O)Nc1ccc(S(=O)(=O)N2N=Cc3cc(Br)ccc3B2O)c(Cl)c1. The van der Waals surface area contributed by atoms with Gasteiger partial charge >= 0.3 is 7.05 Å². The Bertz CT molecular complexity index is 1030. The van der Waals surface area contributed by atoms with Crippen molar-refractivity contribution >= 4 is 67.9 Å². The lowest BCUT2D eigenvalue weighted by atomic mass is 9.72. The Balaban J connectivity index is 1.99. The second-order valence-electron chi connectivity index (χ2n) is 5.50. The van der Waals surface area contributed by atoms with Crippen LogP contribution in [0.5, 0.6) is 0 Å². The standard InChI is InChI=1S/C15H12BBrClN3O4S/c1-9(22)20-12-3-5-15(14(18)7-12)26(24,25)21-16(23)13-4-2-11(17)6-10(13)8-19-21/h2-8,23H,1H3,(H,20,22). The molecule has 3 rings (SSSR count). The largest absolute Gasteiger partial charge is 0.484 e. The van der Waals surface area contributed by atoms with Gasteiger partial charge in [-0.3, -0.25) is 4.79 Å². The van der Waals surface area contributed by atoms with E-state index in [1.807, 2.05) is 0 Å². The molecule has 2 aromatic carbocycles. The quantitative estimate of drug-likeness (QED) is 0.688. The summed E-state index contributed by atoms with van der Waals surface area (Å²) in [6.07, 6.45) is 1.35. The zero-order valence-corrected chi connectivity index (χ0v) is 16.5. The monoisotopic (exact) mass is 455 g/mol. The number of anilines is 1. The van der Waals surface area contributed by atoms with E-state index >= 15 is 0 Å². The summed E-state index contributed by atoms with van der Waals surface area (Å²) in [6.45, 7) is 1.33. The number of hydrazone groups is 1.